The van der Waals surface area contributed by atoms with Crippen LogP contribution in [0.4, 0.5) is 4.79 Å². The molecule has 1 saturated heterocycles. The van der Waals surface area contributed by atoms with E-state index in [9.17, 15) is 27.6 Å². The Hall–Kier alpha value is -5.13. The Morgan fingerprint density at radius 1 is 1.10 bits per heavy atom. The van der Waals surface area contributed by atoms with Crippen LogP contribution in [-0.4, -0.2) is 96.7 Å². The topological polar surface area (TPSA) is 212 Å². The highest BCUT2D eigenvalue weighted by Crippen LogP contribution is 2.45. The van der Waals surface area contributed by atoms with Crippen molar-refractivity contribution in [3.63, 3.8) is 0 Å². The Bertz CT molecular complexity index is 1930. The molecule has 3 aromatic rings. The highest BCUT2D eigenvalue weighted by atomic mass is 32.2. The molecule has 17 nitrogen and oxygen atoms in total. The van der Waals surface area contributed by atoms with E-state index in [2.05, 4.69) is 37.6 Å². The van der Waals surface area contributed by atoms with E-state index in [-0.39, 0.29) is 24.4 Å². The molecular weight excluding hydrogens is 680 g/mol. The molecule has 0 unspecified atom stereocenters. The lowest BCUT2D eigenvalue weighted by Crippen LogP contribution is -2.60. The Labute approximate surface area is 296 Å². The van der Waals surface area contributed by atoms with E-state index in [1.807, 2.05) is 35.1 Å². The van der Waals surface area contributed by atoms with E-state index in [1.165, 1.54) is 32.9 Å². The predicted molar refractivity (Wildman–Crippen MR) is 183 cm³/mol. The van der Waals surface area contributed by atoms with Gasteiger partial charge in [-0.3, -0.25) is 14.4 Å². The van der Waals surface area contributed by atoms with Crippen LogP contribution in [0.1, 0.15) is 60.4 Å². The van der Waals surface area contributed by atoms with Gasteiger partial charge < -0.3 is 24.8 Å². The first-order valence-electron chi connectivity index (χ1n) is 16.4. The number of nitrogens with one attached hydrogen (secondary N) is 3. The van der Waals surface area contributed by atoms with E-state index in [0.29, 0.717) is 5.82 Å². The minimum absolute atomic E-state index is 0.0220. The first kappa shape index (κ1) is 37.1. The number of hydrogen-bond donors (Lipinski definition) is 3. The second-order valence-electron chi connectivity index (χ2n) is 15.0. The first-order chi connectivity index (χ1) is 23.7. The fourth-order valence-corrected chi connectivity index (χ4v) is 6.95. The van der Waals surface area contributed by atoms with Gasteiger partial charge in [0.25, 0.3) is 15.9 Å². The molecule has 51 heavy (non-hydrogen) atoms. The van der Waals surface area contributed by atoms with Crippen molar-refractivity contribution >= 4 is 33.8 Å². The van der Waals surface area contributed by atoms with Crippen LogP contribution in [0.2, 0.25) is 0 Å². The summed E-state index contributed by atoms with van der Waals surface area (Å²) < 4.78 is 34.9. The van der Waals surface area contributed by atoms with Gasteiger partial charge in [-0.25, -0.2) is 14.5 Å². The quantitative estimate of drug-likeness (QED) is 0.256. The number of nitrogens with zero attached hydrogens (tertiary/aromatic N) is 7. The van der Waals surface area contributed by atoms with Crippen molar-refractivity contribution < 1.29 is 32.3 Å². The lowest BCUT2D eigenvalue weighted by Gasteiger charge is -2.36. The summed E-state index contributed by atoms with van der Waals surface area (Å²) in [5.41, 5.74) is -2.60. The zero-order valence-electron chi connectivity index (χ0n) is 29.7. The number of benzene rings is 1. The smallest absolute Gasteiger partial charge is 0.408 e. The van der Waals surface area contributed by atoms with Gasteiger partial charge in [-0.05, 0) is 37.8 Å². The molecule has 18 heteroatoms. The molecule has 4 amide bonds. The standard InChI is InChI=1S/C33H44N10O7S/c1-9-21-16-33(21,29(46)39-51(48,49)24-18-41(8)19-34-24)36-27(44)23-15-22(43-38-26(37-40-43)20-13-11-10-12-14-20)17-42(23)28(45)25(31(2,3)4)35-30(47)50-32(5,6)7/h9-14,18-19,21-23,25H,1,15-17H2,2-8H3,(H,35,47)(H,36,44)(H,39,46)/t21-,22-,23+,25-,33-/m1/s1. The number of carbonyl (C=O) groups is 4. The Kier molecular flexibility index (Phi) is 9.86. The molecule has 1 aliphatic heterocycles. The maximum absolute atomic E-state index is 14.4. The normalized spacial score (nSPS) is 22.5. The molecule has 0 bridgehead atoms. The van der Waals surface area contributed by atoms with Crippen molar-refractivity contribution in [2.75, 3.05) is 6.54 Å². The van der Waals surface area contributed by atoms with Crippen molar-refractivity contribution in [2.45, 2.75) is 88.7 Å². The van der Waals surface area contributed by atoms with Crippen LogP contribution in [0.5, 0.6) is 0 Å². The number of sulfonamides is 1. The molecule has 1 aliphatic carbocycles. The third-order valence-corrected chi connectivity index (χ3v) is 9.88. The molecule has 2 fully saturated rings. The Morgan fingerprint density at radius 3 is 2.35 bits per heavy atom. The summed E-state index contributed by atoms with van der Waals surface area (Å²) in [6.45, 7) is 14.1. The SMILES string of the molecule is C=C[C@@H]1C[C@]1(NC(=O)[C@@H]1C[C@@H](n2nnc(-c3ccccc3)n2)CN1C(=O)[C@@H](NC(=O)OC(C)(C)C)C(C)(C)C)C(=O)NS(=O)(=O)c1cn(C)cn1. The van der Waals surface area contributed by atoms with Crippen molar-refractivity contribution in [1.82, 2.24) is 50.0 Å². The monoisotopic (exact) mass is 724 g/mol. The second kappa shape index (κ2) is 13.5. The number of aromatic nitrogens is 6. The molecule has 1 aromatic carbocycles. The molecule has 1 saturated carbocycles. The van der Waals surface area contributed by atoms with Crippen molar-refractivity contribution in [3.05, 3.63) is 55.5 Å². The van der Waals surface area contributed by atoms with Gasteiger partial charge in [-0.2, -0.15) is 13.2 Å². The molecule has 3 N–H and O–H groups in total. The van der Waals surface area contributed by atoms with Gasteiger partial charge in [0.15, 0.2) is 5.03 Å². The number of hydrogen-bond acceptors (Lipinski definition) is 11. The summed E-state index contributed by atoms with van der Waals surface area (Å²) in [6, 6.07) is 6.23. The number of amides is 4. The van der Waals surface area contributed by atoms with E-state index < -0.39 is 74.4 Å². The number of alkyl carbamates (subject to hydrolysis) is 1. The third-order valence-electron chi connectivity index (χ3n) is 8.66. The average molecular weight is 725 g/mol. The average Bonchev–Trinajstić information content (AvgIpc) is 3.45. The van der Waals surface area contributed by atoms with Crippen molar-refractivity contribution in [2.24, 2.45) is 18.4 Å². The summed E-state index contributed by atoms with van der Waals surface area (Å²) >= 11 is 0. The van der Waals surface area contributed by atoms with Crippen molar-refractivity contribution in [3.8, 4) is 11.4 Å². The predicted octanol–water partition coefficient (Wildman–Crippen LogP) is 1.72. The molecule has 3 heterocycles. The van der Waals surface area contributed by atoms with Gasteiger partial charge in [0.1, 0.15) is 23.2 Å². The molecule has 0 radical (unpaired) electrons. The van der Waals surface area contributed by atoms with Crippen molar-refractivity contribution in [1.29, 1.82) is 0 Å². The number of imidazole rings is 1. The maximum atomic E-state index is 14.4. The molecule has 5 atom stereocenters. The number of likely N-dealkylation sites (tertiary alicyclic amines) is 1. The minimum Gasteiger partial charge on any atom is -0.444 e. The summed E-state index contributed by atoms with van der Waals surface area (Å²) in [6.07, 6.45) is 3.25. The van der Waals surface area contributed by atoms with Crippen LogP contribution >= 0.6 is 0 Å². The van der Waals surface area contributed by atoms with Gasteiger partial charge in [-0.1, -0.05) is 57.2 Å². The molecule has 274 valence electrons. The number of carbonyl (C=O) groups excluding carboxylic acids is 4. The van der Waals surface area contributed by atoms with E-state index in [1.54, 1.807) is 48.6 Å². The Morgan fingerprint density at radius 2 is 1.78 bits per heavy atom. The zero-order chi connectivity index (χ0) is 37.5. The Balaban J connectivity index is 1.44. The van der Waals surface area contributed by atoms with Crippen LogP contribution in [0.25, 0.3) is 11.4 Å². The lowest BCUT2D eigenvalue weighted by molar-refractivity contribution is -0.143. The second-order valence-corrected chi connectivity index (χ2v) is 16.6. The van der Waals surface area contributed by atoms with Gasteiger partial charge in [0, 0.05) is 37.7 Å². The number of rotatable bonds is 10. The van der Waals surface area contributed by atoms with E-state index in [0.717, 1.165) is 5.56 Å². The highest BCUT2D eigenvalue weighted by molar-refractivity contribution is 7.90. The third kappa shape index (κ3) is 8.10. The fraction of sp³-hybridized carbons (Fsp3) is 0.515. The van der Waals surface area contributed by atoms with Crippen LogP contribution in [0, 0.1) is 11.3 Å². The largest absolute Gasteiger partial charge is 0.444 e. The van der Waals surface area contributed by atoms with Crippen LogP contribution in [-0.2, 0) is 36.2 Å². The molecule has 2 aliphatic rings. The summed E-state index contributed by atoms with van der Waals surface area (Å²) in [7, 11) is -2.79. The summed E-state index contributed by atoms with van der Waals surface area (Å²) in [4.78, 5) is 61.6. The van der Waals surface area contributed by atoms with Gasteiger partial charge in [0.2, 0.25) is 17.6 Å². The van der Waals surface area contributed by atoms with Crippen LogP contribution in [0.3, 0.4) is 0 Å². The van der Waals surface area contributed by atoms with Gasteiger partial charge in [-0.15, -0.1) is 16.8 Å². The van der Waals surface area contributed by atoms with Crippen LogP contribution < -0.4 is 15.4 Å². The first-order valence-corrected chi connectivity index (χ1v) is 17.9. The molecule has 2 aromatic heterocycles. The molecular formula is C33H44N10O7S. The van der Waals surface area contributed by atoms with Crippen LogP contribution in [0.15, 0.2) is 60.5 Å². The molecule has 5 rings (SSSR count). The lowest BCUT2D eigenvalue weighted by atomic mass is 9.85. The van der Waals surface area contributed by atoms with E-state index >= 15 is 0 Å². The maximum Gasteiger partial charge on any atom is 0.408 e. The number of tetrazole rings is 1. The van der Waals surface area contributed by atoms with Gasteiger partial charge >= 0.3 is 6.09 Å². The molecule has 0 spiro atoms. The minimum atomic E-state index is -4.37. The summed E-state index contributed by atoms with van der Waals surface area (Å²) in [5, 5.41) is 18.0. The highest BCUT2D eigenvalue weighted by Gasteiger charge is 2.61. The number of aryl methyl sites for hydroxylation is 1. The zero-order valence-corrected chi connectivity index (χ0v) is 30.5. The fourth-order valence-electron chi connectivity index (χ4n) is 5.93. The number of ether oxygens (including phenoxy) is 1. The van der Waals surface area contributed by atoms with E-state index in [4.69, 9.17) is 4.74 Å². The van der Waals surface area contributed by atoms with Gasteiger partial charge in [0.05, 0.1) is 12.4 Å². The summed E-state index contributed by atoms with van der Waals surface area (Å²) in [5.74, 6) is -2.51.